The summed E-state index contributed by atoms with van der Waals surface area (Å²) >= 11 is 1.60. The van der Waals surface area contributed by atoms with Gasteiger partial charge in [0, 0.05) is 24.0 Å². The van der Waals surface area contributed by atoms with Gasteiger partial charge in [-0.25, -0.2) is 0 Å². The summed E-state index contributed by atoms with van der Waals surface area (Å²) in [5, 5.41) is 4.15. The summed E-state index contributed by atoms with van der Waals surface area (Å²) in [5.74, 6) is 0.405. The molecule has 0 bridgehead atoms. The molecule has 0 N–H and O–H groups in total. The van der Waals surface area contributed by atoms with E-state index in [1.807, 2.05) is 6.92 Å². The first-order chi connectivity index (χ1) is 8.31. The fourth-order valence-electron chi connectivity index (χ4n) is 2.30. The predicted molar refractivity (Wildman–Crippen MR) is 64.8 cm³/mol. The number of carbonyl (C=O) groups is 1. The minimum atomic E-state index is 0.405. The lowest BCUT2D eigenvalue weighted by Gasteiger charge is -2.19. The van der Waals surface area contributed by atoms with Gasteiger partial charge in [-0.3, -0.25) is 4.79 Å². The molecule has 3 rings (SSSR count). The molecule has 1 aliphatic heterocycles. The molecule has 0 aromatic carbocycles. The Bertz CT molecular complexity index is 551. The predicted octanol–water partition coefficient (Wildman–Crippen LogP) is 2.90. The number of carbonyl (C=O) groups excluding carboxylic acids is 1. The van der Waals surface area contributed by atoms with Gasteiger partial charge in [-0.15, -0.1) is 11.3 Å². The van der Waals surface area contributed by atoms with Crippen molar-refractivity contribution in [1.82, 2.24) is 5.16 Å². The van der Waals surface area contributed by atoms with E-state index in [-0.39, 0.29) is 0 Å². The van der Waals surface area contributed by atoms with Crippen LogP contribution in [0.3, 0.4) is 0 Å². The van der Waals surface area contributed by atoms with E-state index in [0.717, 1.165) is 47.6 Å². The zero-order chi connectivity index (χ0) is 11.8. The Hall–Kier alpha value is -1.20. The highest BCUT2D eigenvalue weighted by molar-refractivity contribution is 7.19. The van der Waals surface area contributed by atoms with E-state index in [1.165, 1.54) is 0 Å². The van der Waals surface area contributed by atoms with E-state index in [1.54, 1.807) is 11.3 Å². The number of aryl methyl sites for hydroxylation is 1. The molecule has 0 aliphatic carbocycles. The normalized spacial score (nSPS) is 17.7. The molecular formula is C12H13NO3S. The van der Waals surface area contributed by atoms with Crippen LogP contribution in [0, 0.1) is 6.92 Å². The van der Waals surface area contributed by atoms with Gasteiger partial charge >= 0.3 is 0 Å². The quantitative estimate of drug-likeness (QED) is 0.770. The third kappa shape index (κ3) is 1.70. The SMILES string of the molecule is Cc1sc2c(C3CCOCC3)noc2c1C=O. The van der Waals surface area contributed by atoms with Crippen molar-refractivity contribution in [2.24, 2.45) is 0 Å². The number of thiophene rings is 1. The first-order valence-electron chi connectivity index (χ1n) is 5.73. The molecule has 17 heavy (non-hydrogen) atoms. The molecule has 3 heterocycles. The number of fused-ring (bicyclic) bond motifs is 1. The third-order valence-electron chi connectivity index (χ3n) is 3.28. The van der Waals surface area contributed by atoms with Crippen LogP contribution in [0.15, 0.2) is 4.52 Å². The average molecular weight is 251 g/mol. The summed E-state index contributed by atoms with van der Waals surface area (Å²) in [6, 6.07) is 0. The summed E-state index contributed by atoms with van der Waals surface area (Å²) < 4.78 is 11.7. The van der Waals surface area contributed by atoms with Gasteiger partial charge in [0.2, 0.25) is 0 Å². The van der Waals surface area contributed by atoms with Crippen molar-refractivity contribution < 1.29 is 14.1 Å². The maximum atomic E-state index is 11.0. The maximum absolute atomic E-state index is 11.0. The molecule has 90 valence electrons. The molecule has 1 fully saturated rings. The zero-order valence-electron chi connectivity index (χ0n) is 9.56. The van der Waals surface area contributed by atoms with E-state index in [4.69, 9.17) is 9.26 Å². The molecule has 0 saturated carbocycles. The summed E-state index contributed by atoms with van der Waals surface area (Å²) in [6.07, 6.45) is 2.82. The van der Waals surface area contributed by atoms with E-state index in [2.05, 4.69) is 5.16 Å². The van der Waals surface area contributed by atoms with Crippen molar-refractivity contribution in [3.8, 4) is 0 Å². The van der Waals surface area contributed by atoms with Gasteiger partial charge in [0.1, 0.15) is 5.69 Å². The number of aromatic nitrogens is 1. The van der Waals surface area contributed by atoms with Crippen LogP contribution in [-0.2, 0) is 4.74 Å². The van der Waals surface area contributed by atoms with E-state index < -0.39 is 0 Å². The Labute approximate surface area is 103 Å². The second kappa shape index (κ2) is 4.23. The van der Waals surface area contributed by atoms with Gasteiger partial charge in [-0.05, 0) is 19.8 Å². The fraction of sp³-hybridized carbons (Fsp3) is 0.500. The number of rotatable bonds is 2. The standard InChI is InChI=1S/C12H13NO3S/c1-7-9(6-14)11-12(17-7)10(13-16-11)8-2-4-15-5-3-8/h6,8H,2-5H2,1H3. The van der Waals surface area contributed by atoms with Crippen LogP contribution in [0.1, 0.15) is 39.7 Å². The van der Waals surface area contributed by atoms with E-state index in [0.29, 0.717) is 17.1 Å². The molecule has 0 amide bonds. The van der Waals surface area contributed by atoms with Crippen molar-refractivity contribution in [2.75, 3.05) is 13.2 Å². The van der Waals surface area contributed by atoms with Crippen molar-refractivity contribution in [3.63, 3.8) is 0 Å². The van der Waals surface area contributed by atoms with Crippen LogP contribution in [0.5, 0.6) is 0 Å². The molecular weight excluding hydrogens is 238 g/mol. The minimum Gasteiger partial charge on any atom is -0.381 e. The number of hydrogen-bond donors (Lipinski definition) is 0. The summed E-state index contributed by atoms with van der Waals surface area (Å²) in [4.78, 5) is 12.0. The Morgan fingerprint density at radius 3 is 2.88 bits per heavy atom. The van der Waals surface area contributed by atoms with Gasteiger partial charge in [0.25, 0.3) is 0 Å². The zero-order valence-corrected chi connectivity index (χ0v) is 10.4. The lowest BCUT2D eigenvalue weighted by atomic mass is 9.96. The molecule has 2 aromatic heterocycles. The molecule has 5 heteroatoms. The maximum Gasteiger partial charge on any atom is 0.188 e. The summed E-state index contributed by atoms with van der Waals surface area (Å²) in [6.45, 7) is 3.51. The number of hydrogen-bond acceptors (Lipinski definition) is 5. The van der Waals surface area contributed by atoms with Gasteiger partial charge in [0.15, 0.2) is 11.9 Å². The van der Waals surface area contributed by atoms with Gasteiger partial charge in [-0.1, -0.05) is 5.16 Å². The van der Waals surface area contributed by atoms with Crippen molar-refractivity contribution in [3.05, 3.63) is 16.1 Å². The Morgan fingerprint density at radius 1 is 1.41 bits per heavy atom. The van der Waals surface area contributed by atoms with Crippen LogP contribution in [0.4, 0.5) is 0 Å². The lowest BCUT2D eigenvalue weighted by Crippen LogP contribution is -2.14. The smallest absolute Gasteiger partial charge is 0.188 e. The van der Waals surface area contributed by atoms with Gasteiger partial charge in [-0.2, -0.15) is 0 Å². The number of aldehydes is 1. The summed E-state index contributed by atoms with van der Waals surface area (Å²) in [7, 11) is 0. The average Bonchev–Trinajstić information content (AvgIpc) is 2.87. The topological polar surface area (TPSA) is 52.3 Å². The molecule has 4 nitrogen and oxygen atoms in total. The second-order valence-corrected chi connectivity index (χ2v) is 5.53. The van der Waals surface area contributed by atoms with Gasteiger partial charge < -0.3 is 9.26 Å². The summed E-state index contributed by atoms with van der Waals surface area (Å²) in [5.41, 5.74) is 2.31. The largest absolute Gasteiger partial charge is 0.381 e. The molecule has 0 unspecified atom stereocenters. The second-order valence-electron chi connectivity index (χ2n) is 4.30. The van der Waals surface area contributed by atoms with E-state index in [9.17, 15) is 4.79 Å². The molecule has 2 aromatic rings. The number of nitrogens with zero attached hydrogens (tertiary/aromatic N) is 1. The van der Waals surface area contributed by atoms with Crippen LogP contribution in [0.25, 0.3) is 10.3 Å². The first kappa shape index (κ1) is 10.9. The first-order valence-corrected chi connectivity index (χ1v) is 6.54. The molecule has 1 saturated heterocycles. The highest BCUT2D eigenvalue weighted by Gasteiger charge is 2.25. The fourth-order valence-corrected chi connectivity index (χ4v) is 3.40. The van der Waals surface area contributed by atoms with Crippen molar-refractivity contribution in [1.29, 1.82) is 0 Å². The highest BCUT2D eigenvalue weighted by atomic mass is 32.1. The minimum absolute atomic E-state index is 0.405. The highest BCUT2D eigenvalue weighted by Crippen LogP contribution is 2.38. The van der Waals surface area contributed by atoms with Crippen LogP contribution >= 0.6 is 11.3 Å². The monoisotopic (exact) mass is 251 g/mol. The Kier molecular flexibility index (Phi) is 2.72. The Morgan fingerprint density at radius 2 is 2.18 bits per heavy atom. The molecule has 1 aliphatic rings. The Balaban J connectivity index is 2.08. The lowest BCUT2D eigenvalue weighted by molar-refractivity contribution is 0.0841. The molecule has 0 radical (unpaired) electrons. The third-order valence-corrected chi connectivity index (χ3v) is 4.40. The molecule has 0 spiro atoms. The van der Waals surface area contributed by atoms with Crippen LogP contribution in [0.2, 0.25) is 0 Å². The van der Waals surface area contributed by atoms with Gasteiger partial charge in [0.05, 0.1) is 10.3 Å². The van der Waals surface area contributed by atoms with E-state index >= 15 is 0 Å². The van der Waals surface area contributed by atoms with Crippen LogP contribution in [-0.4, -0.2) is 24.7 Å². The number of ether oxygens (including phenoxy) is 1. The van der Waals surface area contributed by atoms with Crippen LogP contribution < -0.4 is 0 Å². The molecule has 0 atom stereocenters. The van der Waals surface area contributed by atoms with Crippen molar-refractivity contribution in [2.45, 2.75) is 25.7 Å². The van der Waals surface area contributed by atoms with Crippen molar-refractivity contribution >= 4 is 27.9 Å².